The van der Waals surface area contributed by atoms with Gasteiger partial charge in [-0.2, -0.15) is 0 Å². The molecular formula is C30H37NO3. The number of carbonyl (C=O) groups excluding carboxylic acids is 1. The Morgan fingerprint density at radius 3 is 2.47 bits per heavy atom. The fourth-order valence-electron chi connectivity index (χ4n) is 5.37. The molecule has 34 heavy (non-hydrogen) atoms. The molecule has 3 atom stereocenters. The fourth-order valence-corrected chi connectivity index (χ4v) is 5.37. The Labute approximate surface area is 203 Å². The highest BCUT2D eigenvalue weighted by atomic mass is 16.5. The summed E-state index contributed by atoms with van der Waals surface area (Å²) in [7, 11) is 0. The number of aryl methyl sites for hydroxylation is 1. The molecule has 4 nitrogen and oxygen atoms in total. The molecule has 0 spiro atoms. The quantitative estimate of drug-likeness (QED) is 0.399. The van der Waals surface area contributed by atoms with Crippen LogP contribution in [0.25, 0.3) is 0 Å². The van der Waals surface area contributed by atoms with E-state index in [1.54, 1.807) is 6.26 Å². The highest BCUT2D eigenvalue weighted by molar-refractivity contribution is 5.77. The molecule has 1 aliphatic heterocycles. The second kappa shape index (κ2) is 11.1. The lowest BCUT2D eigenvalue weighted by molar-refractivity contribution is -0.122. The predicted octanol–water partition coefficient (Wildman–Crippen LogP) is 6.46. The molecule has 2 aromatic carbocycles. The first kappa shape index (κ1) is 24.3. The van der Waals surface area contributed by atoms with Crippen molar-refractivity contribution in [3.8, 4) is 0 Å². The van der Waals surface area contributed by atoms with E-state index >= 15 is 0 Å². The van der Waals surface area contributed by atoms with Crippen molar-refractivity contribution in [2.24, 2.45) is 11.3 Å². The van der Waals surface area contributed by atoms with Gasteiger partial charge in [-0.25, -0.2) is 0 Å². The Balaban J connectivity index is 1.42. The molecule has 1 aliphatic rings. The molecule has 4 heteroatoms. The summed E-state index contributed by atoms with van der Waals surface area (Å²) < 4.78 is 11.5. The molecule has 0 radical (unpaired) electrons. The fraction of sp³-hybridized carbons (Fsp3) is 0.433. The van der Waals surface area contributed by atoms with Crippen molar-refractivity contribution in [1.82, 2.24) is 5.32 Å². The molecule has 0 unspecified atom stereocenters. The number of benzene rings is 2. The van der Waals surface area contributed by atoms with Gasteiger partial charge >= 0.3 is 0 Å². The van der Waals surface area contributed by atoms with E-state index in [0.717, 1.165) is 31.8 Å². The van der Waals surface area contributed by atoms with E-state index in [0.29, 0.717) is 18.9 Å². The number of ether oxygens (including phenoxy) is 1. The molecule has 0 aliphatic carbocycles. The maximum Gasteiger partial charge on any atom is 0.220 e. The van der Waals surface area contributed by atoms with Crippen LogP contribution in [0.4, 0.5) is 0 Å². The third-order valence-corrected chi connectivity index (χ3v) is 7.29. The van der Waals surface area contributed by atoms with Crippen LogP contribution >= 0.6 is 0 Å². The van der Waals surface area contributed by atoms with Gasteiger partial charge in [0.05, 0.1) is 12.9 Å². The summed E-state index contributed by atoms with van der Waals surface area (Å²) in [5, 5.41) is 3.21. The highest BCUT2D eigenvalue weighted by Crippen LogP contribution is 2.44. The summed E-state index contributed by atoms with van der Waals surface area (Å²) in [4.78, 5) is 13.2. The maximum atomic E-state index is 13.2. The van der Waals surface area contributed by atoms with Gasteiger partial charge in [0.15, 0.2) is 0 Å². The summed E-state index contributed by atoms with van der Waals surface area (Å²) in [6.45, 7) is 8.73. The van der Waals surface area contributed by atoms with Crippen LogP contribution < -0.4 is 5.32 Å². The van der Waals surface area contributed by atoms with Gasteiger partial charge in [-0.3, -0.25) is 4.79 Å². The zero-order chi connectivity index (χ0) is 24.0. The van der Waals surface area contributed by atoms with Gasteiger partial charge in [0.25, 0.3) is 0 Å². The van der Waals surface area contributed by atoms with E-state index in [9.17, 15) is 4.79 Å². The van der Waals surface area contributed by atoms with E-state index in [1.807, 2.05) is 18.2 Å². The van der Waals surface area contributed by atoms with Crippen LogP contribution in [0.2, 0.25) is 0 Å². The summed E-state index contributed by atoms with van der Waals surface area (Å²) in [5.41, 5.74) is 3.72. The van der Waals surface area contributed by atoms with Crippen molar-refractivity contribution in [2.45, 2.75) is 51.9 Å². The largest absolute Gasteiger partial charge is 0.469 e. The third-order valence-electron chi connectivity index (χ3n) is 7.29. The second-order valence-electron chi connectivity index (χ2n) is 10.3. The first-order valence-corrected chi connectivity index (χ1v) is 12.4. The molecule has 180 valence electrons. The van der Waals surface area contributed by atoms with E-state index in [4.69, 9.17) is 9.15 Å². The van der Waals surface area contributed by atoms with Gasteiger partial charge in [-0.1, -0.05) is 74.0 Å². The normalized spacial score (nSPS) is 19.3. The molecule has 1 aromatic heterocycles. The monoisotopic (exact) mass is 459 g/mol. The van der Waals surface area contributed by atoms with Gasteiger partial charge in [0.1, 0.15) is 5.76 Å². The Morgan fingerprint density at radius 2 is 1.79 bits per heavy atom. The Kier molecular flexibility index (Phi) is 7.89. The van der Waals surface area contributed by atoms with Crippen LogP contribution in [-0.2, 0) is 9.53 Å². The zero-order valence-electron chi connectivity index (χ0n) is 20.6. The topological polar surface area (TPSA) is 51.5 Å². The number of nitrogens with one attached hydrogen (secondary N) is 1. The van der Waals surface area contributed by atoms with Crippen molar-refractivity contribution in [3.05, 3.63) is 95.4 Å². The average molecular weight is 460 g/mol. The van der Waals surface area contributed by atoms with Crippen LogP contribution in [0, 0.1) is 18.3 Å². The predicted molar refractivity (Wildman–Crippen MR) is 136 cm³/mol. The molecule has 2 heterocycles. The first-order chi connectivity index (χ1) is 16.4. The molecule has 0 saturated carbocycles. The molecule has 3 aromatic rings. The van der Waals surface area contributed by atoms with Crippen LogP contribution in [0.1, 0.15) is 67.4 Å². The van der Waals surface area contributed by atoms with Crippen molar-refractivity contribution < 1.29 is 13.9 Å². The standard InChI is InChI=1S/C30H37NO3/c1-22-11-13-24(14-12-22)25(28-10-7-18-34-28)15-17-31-29(32)20-26(23-8-5-4-6-9-23)27-16-19-33-21-30(27,2)3/h4-14,18,25-27H,15-17,19-21H2,1-3H3,(H,31,32)/t25-,26+,27-/m0/s1. The van der Waals surface area contributed by atoms with E-state index in [-0.39, 0.29) is 23.2 Å². The number of hydrogen-bond acceptors (Lipinski definition) is 3. The molecule has 0 bridgehead atoms. The number of rotatable bonds is 9. The summed E-state index contributed by atoms with van der Waals surface area (Å²) in [6, 6.07) is 23.0. The van der Waals surface area contributed by atoms with Gasteiger partial charge in [0.2, 0.25) is 5.91 Å². The Bertz CT molecular complexity index is 1020. The number of carbonyl (C=O) groups is 1. The zero-order valence-corrected chi connectivity index (χ0v) is 20.6. The molecule has 1 amide bonds. The van der Waals surface area contributed by atoms with Crippen LogP contribution in [0.3, 0.4) is 0 Å². The lowest BCUT2D eigenvalue weighted by Gasteiger charge is -2.43. The summed E-state index contributed by atoms with van der Waals surface area (Å²) in [5.74, 6) is 1.74. The van der Waals surface area contributed by atoms with Crippen molar-refractivity contribution in [3.63, 3.8) is 0 Å². The van der Waals surface area contributed by atoms with Gasteiger partial charge in [-0.15, -0.1) is 0 Å². The first-order valence-electron chi connectivity index (χ1n) is 12.4. The van der Waals surface area contributed by atoms with Crippen LogP contribution in [0.15, 0.2) is 77.4 Å². The van der Waals surface area contributed by atoms with E-state index in [1.165, 1.54) is 16.7 Å². The van der Waals surface area contributed by atoms with Crippen molar-refractivity contribution in [2.75, 3.05) is 19.8 Å². The number of furan rings is 1. The smallest absolute Gasteiger partial charge is 0.220 e. The minimum atomic E-state index is 0.0366. The maximum absolute atomic E-state index is 13.2. The Morgan fingerprint density at radius 1 is 1.03 bits per heavy atom. The lowest BCUT2D eigenvalue weighted by atomic mass is 9.66. The molecular weight excluding hydrogens is 422 g/mol. The minimum absolute atomic E-state index is 0.0366. The SMILES string of the molecule is Cc1ccc([C@H](CCNC(=O)C[C@H](c2ccccc2)[C@@H]2CCOCC2(C)C)c2ccco2)cc1. The highest BCUT2D eigenvalue weighted by Gasteiger charge is 2.39. The van der Waals surface area contributed by atoms with Crippen LogP contribution in [-0.4, -0.2) is 25.7 Å². The van der Waals surface area contributed by atoms with Gasteiger partial charge < -0.3 is 14.5 Å². The van der Waals surface area contributed by atoms with Crippen LogP contribution in [0.5, 0.6) is 0 Å². The average Bonchev–Trinajstić information content (AvgIpc) is 3.36. The lowest BCUT2D eigenvalue weighted by Crippen LogP contribution is -2.40. The molecule has 1 saturated heterocycles. The second-order valence-corrected chi connectivity index (χ2v) is 10.3. The van der Waals surface area contributed by atoms with E-state index < -0.39 is 0 Å². The molecule has 1 fully saturated rings. The van der Waals surface area contributed by atoms with Gasteiger partial charge in [-0.05, 0) is 60.3 Å². The van der Waals surface area contributed by atoms with Crippen molar-refractivity contribution in [1.29, 1.82) is 0 Å². The summed E-state index contributed by atoms with van der Waals surface area (Å²) >= 11 is 0. The number of amides is 1. The molecule has 4 rings (SSSR count). The number of hydrogen-bond donors (Lipinski definition) is 1. The third kappa shape index (κ3) is 5.98. The Hall–Kier alpha value is -2.85. The minimum Gasteiger partial charge on any atom is -0.469 e. The molecule has 1 N–H and O–H groups in total. The van der Waals surface area contributed by atoms with Gasteiger partial charge in [0, 0.05) is 25.5 Å². The van der Waals surface area contributed by atoms with E-state index in [2.05, 4.69) is 74.6 Å². The summed E-state index contributed by atoms with van der Waals surface area (Å²) in [6.07, 6.45) is 3.98. The van der Waals surface area contributed by atoms with Crippen molar-refractivity contribution >= 4 is 5.91 Å².